The maximum absolute atomic E-state index is 13.9. The van der Waals surface area contributed by atoms with Crippen molar-refractivity contribution in [2.45, 2.75) is 24.3 Å². The van der Waals surface area contributed by atoms with E-state index in [2.05, 4.69) is 26.6 Å². The quantitative estimate of drug-likeness (QED) is 0.667. The number of sulfone groups is 1. The molecule has 0 aromatic heterocycles. The van der Waals surface area contributed by atoms with Crippen molar-refractivity contribution in [3.05, 3.63) is 58.3 Å². The third kappa shape index (κ3) is 5.49. The summed E-state index contributed by atoms with van der Waals surface area (Å²) in [6, 6.07) is 11.2. The van der Waals surface area contributed by atoms with Crippen LogP contribution in [0.4, 0.5) is 10.1 Å². The van der Waals surface area contributed by atoms with Crippen molar-refractivity contribution in [2.75, 3.05) is 11.6 Å². The molecular formula is C17H18BrFN2O2S2. The van der Waals surface area contributed by atoms with Crippen LogP contribution < -0.4 is 10.6 Å². The van der Waals surface area contributed by atoms with E-state index in [9.17, 15) is 12.8 Å². The first kappa shape index (κ1) is 19.8. The number of nitrogens with one attached hydrogen (secondary N) is 2. The van der Waals surface area contributed by atoms with Crippen LogP contribution in [0.5, 0.6) is 0 Å². The van der Waals surface area contributed by atoms with Gasteiger partial charge in [-0.3, -0.25) is 0 Å². The Hall–Kier alpha value is -1.51. The lowest BCUT2D eigenvalue weighted by molar-refractivity contribution is 0.601. The predicted molar refractivity (Wildman–Crippen MR) is 106 cm³/mol. The van der Waals surface area contributed by atoms with Gasteiger partial charge in [-0.25, -0.2) is 12.8 Å². The predicted octanol–water partition coefficient (Wildman–Crippen LogP) is 4.43. The highest BCUT2D eigenvalue weighted by Gasteiger charge is 2.14. The Morgan fingerprint density at radius 3 is 2.40 bits per heavy atom. The fourth-order valence-electron chi connectivity index (χ4n) is 2.28. The molecule has 4 nitrogen and oxygen atoms in total. The number of thiocarbonyl (C=S) groups is 1. The van der Waals surface area contributed by atoms with Gasteiger partial charge in [-0.15, -0.1) is 0 Å². The molecule has 0 bridgehead atoms. The second kappa shape index (κ2) is 8.25. The molecule has 0 aliphatic rings. The summed E-state index contributed by atoms with van der Waals surface area (Å²) in [4.78, 5) is 0.267. The number of halogens is 2. The molecule has 134 valence electrons. The van der Waals surface area contributed by atoms with Crippen molar-refractivity contribution < 1.29 is 12.8 Å². The molecule has 2 aromatic carbocycles. The minimum Gasteiger partial charge on any atom is -0.356 e. The lowest BCUT2D eigenvalue weighted by Crippen LogP contribution is -2.32. The van der Waals surface area contributed by atoms with Gasteiger partial charge >= 0.3 is 0 Å². The Balaban J connectivity index is 2.09. The fourth-order valence-corrected chi connectivity index (χ4v) is 3.49. The van der Waals surface area contributed by atoms with Crippen LogP contribution >= 0.6 is 28.1 Å². The van der Waals surface area contributed by atoms with Gasteiger partial charge < -0.3 is 10.6 Å². The van der Waals surface area contributed by atoms with Crippen LogP contribution in [0.1, 0.15) is 24.9 Å². The van der Waals surface area contributed by atoms with E-state index in [-0.39, 0.29) is 16.6 Å². The Morgan fingerprint density at radius 1 is 1.24 bits per heavy atom. The summed E-state index contributed by atoms with van der Waals surface area (Å²) in [5, 5.41) is 6.25. The molecule has 25 heavy (non-hydrogen) atoms. The molecule has 0 unspecified atom stereocenters. The fraction of sp³-hybridized carbons (Fsp3) is 0.235. The number of hydrogen-bond donors (Lipinski definition) is 2. The highest BCUT2D eigenvalue weighted by molar-refractivity contribution is 9.10. The molecule has 2 rings (SSSR count). The Morgan fingerprint density at radius 2 is 1.88 bits per heavy atom. The minimum atomic E-state index is -3.23. The van der Waals surface area contributed by atoms with Crippen LogP contribution in [0.3, 0.4) is 0 Å². The number of benzene rings is 2. The van der Waals surface area contributed by atoms with Crippen LogP contribution in [0.15, 0.2) is 51.8 Å². The van der Waals surface area contributed by atoms with E-state index >= 15 is 0 Å². The first-order valence-electron chi connectivity index (χ1n) is 7.53. The highest BCUT2D eigenvalue weighted by Crippen LogP contribution is 2.21. The summed E-state index contributed by atoms with van der Waals surface area (Å²) in [6.07, 6.45) is 1.90. The van der Waals surface area contributed by atoms with E-state index in [1.807, 2.05) is 6.92 Å². The molecule has 0 aliphatic carbocycles. The minimum absolute atomic E-state index is 0.118. The van der Waals surface area contributed by atoms with Gasteiger partial charge in [0.15, 0.2) is 14.9 Å². The van der Waals surface area contributed by atoms with Crippen LogP contribution in [-0.4, -0.2) is 19.8 Å². The van der Waals surface area contributed by atoms with Gasteiger partial charge in [0.1, 0.15) is 5.82 Å². The van der Waals surface area contributed by atoms with Gasteiger partial charge in [-0.2, -0.15) is 0 Å². The topological polar surface area (TPSA) is 58.2 Å². The van der Waals surface area contributed by atoms with Crippen molar-refractivity contribution >= 4 is 48.8 Å². The monoisotopic (exact) mass is 444 g/mol. The summed E-state index contributed by atoms with van der Waals surface area (Å²) >= 11 is 8.46. The van der Waals surface area contributed by atoms with E-state index in [1.165, 1.54) is 12.3 Å². The summed E-state index contributed by atoms with van der Waals surface area (Å²) in [6.45, 7) is 1.98. The maximum Gasteiger partial charge on any atom is 0.175 e. The molecule has 0 radical (unpaired) electrons. The molecule has 1 atom stereocenters. The van der Waals surface area contributed by atoms with E-state index in [0.717, 1.165) is 12.0 Å². The largest absolute Gasteiger partial charge is 0.356 e. The zero-order valence-corrected chi connectivity index (χ0v) is 16.9. The average Bonchev–Trinajstić information content (AvgIpc) is 2.54. The molecule has 0 saturated carbocycles. The lowest BCUT2D eigenvalue weighted by Gasteiger charge is -2.20. The van der Waals surface area contributed by atoms with E-state index in [1.54, 1.807) is 36.4 Å². The molecule has 8 heteroatoms. The van der Waals surface area contributed by atoms with Gasteiger partial charge in [0.2, 0.25) is 0 Å². The van der Waals surface area contributed by atoms with Crippen molar-refractivity contribution in [3.63, 3.8) is 0 Å². The highest BCUT2D eigenvalue weighted by atomic mass is 79.9. The van der Waals surface area contributed by atoms with Crippen LogP contribution in [0.25, 0.3) is 0 Å². The number of hydrogen-bond acceptors (Lipinski definition) is 3. The second-order valence-electron chi connectivity index (χ2n) is 5.52. The Bertz CT molecular complexity index is 871. The number of rotatable bonds is 5. The van der Waals surface area contributed by atoms with Crippen molar-refractivity contribution in [3.8, 4) is 0 Å². The van der Waals surface area contributed by atoms with Gasteiger partial charge in [-0.05, 0) is 54.5 Å². The summed E-state index contributed by atoms with van der Waals surface area (Å²) in [5.41, 5.74) is 1.18. The SMILES string of the molecule is CC[C@@H](NC(=S)Nc1ccc(Br)cc1F)c1ccc(S(C)(=O)=O)cc1. The summed E-state index contributed by atoms with van der Waals surface area (Å²) in [7, 11) is -3.23. The van der Waals surface area contributed by atoms with Crippen molar-refractivity contribution in [1.29, 1.82) is 0 Å². The van der Waals surface area contributed by atoms with Gasteiger partial charge in [0, 0.05) is 10.7 Å². The van der Waals surface area contributed by atoms with Crippen LogP contribution in [0.2, 0.25) is 0 Å². The standard InChI is InChI=1S/C17H18BrFN2O2S2/c1-3-15(11-4-7-13(8-5-11)25(2,22)23)20-17(24)21-16-9-6-12(18)10-14(16)19/h4-10,15H,3H2,1-2H3,(H2,20,21,24)/t15-/m1/s1. The molecule has 2 aromatic rings. The molecule has 0 saturated heterocycles. The Kier molecular flexibility index (Phi) is 6.53. The first-order valence-corrected chi connectivity index (χ1v) is 10.6. The third-order valence-electron chi connectivity index (χ3n) is 3.60. The van der Waals surface area contributed by atoms with Gasteiger partial charge in [-0.1, -0.05) is 35.0 Å². The van der Waals surface area contributed by atoms with Crippen LogP contribution in [0, 0.1) is 5.82 Å². The van der Waals surface area contributed by atoms with Gasteiger partial charge in [0.25, 0.3) is 0 Å². The van der Waals surface area contributed by atoms with E-state index in [4.69, 9.17) is 12.2 Å². The second-order valence-corrected chi connectivity index (χ2v) is 8.86. The average molecular weight is 445 g/mol. The zero-order chi connectivity index (χ0) is 18.6. The summed E-state index contributed by atoms with van der Waals surface area (Å²) < 4.78 is 37.6. The third-order valence-corrected chi connectivity index (χ3v) is 5.45. The normalized spacial score (nSPS) is 12.5. The molecule has 2 N–H and O–H groups in total. The van der Waals surface area contributed by atoms with Crippen molar-refractivity contribution in [1.82, 2.24) is 5.32 Å². The molecular weight excluding hydrogens is 427 g/mol. The smallest absolute Gasteiger partial charge is 0.175 e. The molecule has 0 fully saturated rings. The lowest BCUT2D eigenvalue weighted by atomic mass is 10.1. The zero-order valence-electron chi connectivity index (χ0n) is 13.7. The van der Waals surface area contributed by atoms with E-state index in [0.29, 0.717) is 9.59 Å². The van der Waals surface area contributed by atoms with Crippen molar-refractivity contribution in [2.24, 2.45) is 0 Å². The first-order chi connectivity index (χ1) is 11.7. The van der Waals surface area contributed by atoms with Crippen LogP contribution in [-0.2, 0) is 9.84 Å². The molecule has 0 spiro atoms. The maximum atomic E-state index is 13.9. The molecule has 0 aliphatic heterocycles. The van der Waals surface area contributed by atoms with Gasteiger partial charge in [0.05, 0.1) is 16.6 Å². The molecule has 0 amide bonds. The van der Waals surface area contributed by atoms with E-state index < -0.39 is 15.7 Å². The summed E-state index contributed by atoms with van der Waals surface area (Å²) in [5.74, 6) is -0.413. The molecule has 0 heterocycles. The Labute approximate surface area is 160 Å². The number of anilines is 1.